The highest BCUT2D eigenvalue weighted by molar-refractivity contribution is 5.93. The van der Waals surface area contributed by atoms with Crippen LogP contribution in [0.5, 0.6) is 5.88 Å². The second kappa shape index (κ2) is 7.67. The molecule has 0 unspecified atom stereocenters. The number of alkyl halides is 3. The number of pyridine rings is 1. The Bertz CT molecular complexity index is 816. The van der Waals surface area contributed by atoms with E-state index in [0.717, 1.165) is 12.5 Å². The van der Waals surface area contributed by atoms with E-state index < -0.39 is 23.7 Å². The molecular formula is C17H15F5N2O2. The molecular weight excluding hydrogens is 359 g/mol. The number of halogens is 5. The lowest BCUT2D eigenvalue weighted by Gasteiger charge is -2.20. The van der Waals surface area contributed by atoms with Crippen LogP contribution in [0.25, 0.3) is 11.1 Å². The van der Waals surface area contributed by atoms with Crippen molar-refractivity contribution in [1.29, 1.82) is 0 Å². The van der Waals surface area contributed by atoms with Crippen LogP contribution in [0.4, 0.5) is 22.0 Å². The minimum Gasteiger partial charge on any atom is -0.477 e. The molecule has 1 aromatic carbocycles. The van der Waals surface area contributed by atoms with Gasteiger partial charge in [0.05, 0.1) is 6.61 Å². The van der Waals surface area contributed by atoms with E-state index in [4.69, 9.17) is 10.5 Å². The Balaban J connectivity index is 0.000000431. The van der Waals surface area contributed by atoms with Crippen molar-refractivity contribution in [3.05, 3.63) is 47.2 Å². The van der Waals surface area contributed by atoms with Crippen molar-refractivity contribution in [1.82, 2.24) is 4.98 Å². The molecule has 9 heteroatoms. The number of ether oxygens (including phenoxy) is 1. The summed E-state index contributed by atoms with van der Waals surface area (Å²) in [6.45, 7) is 0.667. The second-order valence-electron chi connectivity index (χ2n) is 5.56. The van der Waals surface area contributed by atoms with Gasteiger partial charge in [-0.05, 0) is 36.6 Å². The molecule has 26 heavy (non-hydrogen) atoms. The topological polar surface area (TPSA) is 65.2 Å². The van der Waals surface area contributed by atoms with E-state index in [1.807, 2.05) is 0 Å². The van der Waals surface area contributed by atoms with Crippen molar-refractivity contribution in [2.45, 2.75) is 25.9 Å². The molecule has 0 atom stereocenters. The van der Waals surface area contributed by atoms with Gasteiger partial charge in [-0.1, -0.05) is 0 Å². The molecule has 2 aromatic rings. The highest BCUT2D eigenvalue weighted by Gasteiger charge is 2.22. The molecule has 4 nitrogen and oxygen atoms in total. The van der Waals surface area contributed by atoms with E-state index in [9.17, 15) is 26.7 Å². The van der Waals surface area contributed by atoms with E-state index in [-0.39, 0.29) is 24.1 Å². The molecule has 1 aliphatic rings. The average Bonchev–Trinajstić information content (AvgIpc) is 2.52. The van der Waals surface area contributed by atoms with Gasteiger partial charge >= 0.3 is 6.18 Å². The molecule has 0 bridgehead atoms. The molecule has 0 spiro atoms. The van der Waals surface area contributed by atoms with Crippen LogP contribution in [0.3, 0.4) is 0 Å². The van der Waals surface area contributed by atoms with Crippen molar-refractivity contribution < 1.29 is 31.5 Å². The first-order valence-electron chi connectivity index (χ1n) is 7.55. The zero-order valence-electron chi connectivity index (χ0n) is 13.7. The molecule has 0 saturated heterocycles. The minimum atomic E-state index is -4.00. The number of hydrogen-bond donors (Lipinski definition) is 1. The first-order valence-corrected chi connectivity index (χ1v) is 7.55. The minimum absolute atomic E-state index is 0.00521. The molecule has 140 valence electrons. The summed E-state index contributed by atoms with van der Waals surface area (Å²) in [5.74, 6) is -1.80. The van der Waals surface area contributed by atoms with Gasteiger partial charge in [0.15, 0.2) is 0 Å². The lowest BCUT2D eigenvalue weighted by molar-refractivity contribution is -0.110. The molecule has 1 amide bonds. The van der Waals surface area contributed by atoms with Crippen molar-refractivity contribution in [2.24, 2.45) is 5.73 Å². The molecule has 2 N–H and O–H groups in total. The Kier molecular flexibility index (Phi) is 5.79. The van der Waals surface area contributed by atoms with Crippen molar-refractivity contribution in [2.75, 3.05) is 6.61 Å². The van der Waals surface area contributed by atoms with Gasteiger partial charge < -0.3 is 10.5 Å². The van der Waals surface area contributed by atoms with Crippen molar-refractivity contribution in [3.8, 4) is 17.0 Å². The summed E-state index contributed by atoms with van der Waals surface area (Å²) in [4.78, 5) is 15.4. The second-order valence-corrected chi connectivity index (χ2v) is 5.56. The lowest BCUT2D eigenvalue weighted by Crippen LogP contribution is -2.18. The van der Waals surface area contributed by atoms with Crippen LogP contribution < -0.4 is 10.5 Å². The summed E-state index contributed by atoms with van der Waals surface area (Å²) in [5.41, 5.74) is 6.61. The van der Waals surface area contributed by atoms with E-state index in [1.165, 1.54) is 18.2 Å². The zero-order valence-corrected chi connectivity index (χ0v) is 13.7. The first kappa shape index (κ1) is 19.6. The summed E-state index contributed by atoms with van der Waals surface area (Å²) < 4.78 is 63.6. The zero-order chi connectivity index (χ0) is 19.5. The number of primary amides is 1. The van der Waals surface area contributed by atoms with Crippen LogP contribution >= 0.6 is 0 Å². The third kappa shape index (κ3) is 5.14. The number of benzene rings is 1. The highest BCUT2D eigenvalue weighted by Crippen LogP contribution is 2.35. The third-order valence-corrected chi connectivity index (χ3v) is 3.37. The van der Waals surface area contributed by atoms with Crippen molar-refractivity contribution >= 4 is 5.91 Å². The Morgan fingerprint density at radius 1 is 1.19 bits per heavy atom. The van der Waals surface area contributed by atoms with E-state index in [1.54, 1.807) is 0 Å². The Morgan fingerprint density at radius 2 is 1.85 bits per heavy atom. The molecule has 1 aliphatic heterocycles. The number of hydrogen-bond acceptors (Lipinski definition) is 3. The standard InChI is InChI=1S/C15H12F2N2O2.C2H3F3/c16-8-3-4-9(12(17)6-8)11-7-13(14(18)20)19-15-10(11)2-1-5-21-15;1-2(3,4)5/h3-4,6-7H,1-2,5H2,(H2,18,20);1H3. The summed E-state index contributed by atoms with van der Waals surface area (Å²) in [7, 11) is 0. The average molecular weight is 374 g/mol. The van der Waals surface area contributed by atoms with E-state index in [2.05, 4.69) is 4.98 Å². The maximum Gasteiger partial charge on any atom is 0.386 e. The Hall–Kier alpha value is -2.71. The van der Waals surface area contributed by atoms with Gasteiger partial charge in [0.2, 0.25) is 5.88 Å². The quantitative estimate of drug-likeness (QED) is 0.808. The molecule has 0 radical (unpaired) electrons. The number of amides is 1. The van der Waals surface area contributed by atoms with Gasteiger partial charge in [0.1, 0.15) is 17.3 Å². The molecule has 1 aromatic heterocycles. The maximum atomic E-state index is 14.0. The van der Waals surface area contributed by atoms with Crippen LogP contribution in [-0.2, 0) is 6.42 Å². The van der Waals surface area contributed by atoms with Gasteiger partial charge in [-0.25, -0.2) is 13.8 Å². The van der Waals surface area contributed by atoms with Crippen molar-refractivity contribution in [3.63, 3.8) is 0 Å². The van der Waals surface area contributed by atoms with Gasteiger partial charge in [0.25, 0.3) is 5.91 Å². The summed E-state index contributed by atoms with van der Waals surface area (Å²) in [6.07, 6.45) is -2.59. The third-order valence-electron chi connectivity index (χ3n) is 3.37. The van der Waals surface area contributed by atoms with Crippen LogP contribution in [0.1, 0.15) is 29.4 Å². The highest BCUT2D eigenvalue weighted by atomic mass is 19.4. The Morgan fingerprint density at radius 3 is 2.42 bits per heavy atom. The number of fused-ring (bicyclic) bond motifs is 1. The molecule has 0 saturated carbocycles. The largest absolute Gasteiger partial charge is 0.477 e. The van der Waals surface area contributed by atoms with Gasteiger partial charge in [-0.3, -0.25) is 4.79 Å². The normalized spacial score (nSPS) is 13.2. The summed E-state index contributed by atoms with van der Waals surface area (Å²) >= 11 is 0. The number of nitrogens with two attached hydrogens (primary N) is 1. The van der Waals surface area contributed by atoms with Gasteiger partial charge in [-0.2, -0.15) is 13.2 Å². The molecule has 0 aliphatic carbocycles. The number of aromatic nitrogens is 1. The summed E-state index contributed by atoms with van der Waals surface area (Å²) in [5, 5.41) is 0. The van der Waals surface area contributed by atoms with Crippen LogP contribution in [-0.4, -0.2) is 23.7 Å². The molecule has 2 heterocycles. The Labute approximate surface area is 145 Å². The van der Waals surface area contributed by atoms with Crippen LogP contribution in [0, 0.1) is 11.6 Å². The predicted molar refractivity (Wildman–Crippen MR) is 83.7 cm³/mol. The van der Waals surface area contributed by atoms with Crippen LogP contribution in [0.2, 0.25) is 0 Å². The van der Waals surface area contributed by atoms with Crippen LogP contribution in [0.15, 0.2) is 24.3 Å². The smallest absolute Gasteiger partial charge is 0.386 e. The number of nitrogens with zero attached hydrogens (tertiary/aromatic N) is 1. The molecule has 3 rings (SSSR count). The number of carbonyl (C=O) groups excluding carboxylic acids is 1. The maximum absolute atomic E-state index is 14.0. The molecule has 0 fully saturated rings. The number of rotatable bonds is 2. The fraction of sp³-hybridized carbons (Fsp3) is 0.294. The van der Waals surface area contributed by atoms with E-state index >= 15 is 0 Å². The SMILES string of the molecule is CC(F)(F)F.NC(=O)c1cc(-c2ccc(F)cc2F)c2c(n1)OCCC2. The first-order chi connectivity index (χ1) is 12.1. The van der Waals surface area contributed by atoms with E-state index in [0.29, 0.717) is 24.2 Å². The summed E-state index contributed by atoms with van der Waals surface area (Å²) in [6, 6.07) is 4.72. The predicted octanol–water partition coefficient (Wildman–Crippen LogP) is 4.02. The fourth-order valence-corrected chi connectivity index (χ4v) is 2.40. The fourth-order valence-electron chi connectivity index (χ4n) is 2.40. The number of carbonyl (C=O) groups is 1. The monoisotopic (exact) mass is 374 g/mol. The van der Waals surface area contributed by atoms with Gasteiger partial charge in [-0.15, -0.1) is 0 Å². The van der Waals surface area contributed by atoms with Gasteiger partial charge in [0, 0.05) is 24.1 Å². The lowest BCUT2D eigenvalue weighted by atomic mass is 9.95.